The number of hydrogen-bond donors (Lipinski definition) is 1. The molecule has 1 aromatic heterocycles. The van der Waals surface area contributed by atoms with Gasteiger partial charge in [0.05, 0.1) is 10.2 Å². The fourth-order valence-electron chi connectivity index (χ4n) is 1.84. The molecule has 0 spiro atoms. The quantitative estimate of drug-likeness (QED) is 0.848. The monoisotopic (exact) mass is 348 g/mol. The van der Waals surface area contributed by atoms with Gasteiger partial charge in [0.15, 0.2) is 0 Å². The van der Waals surface area contributed by atoms with E-state index in [2.05, 4.69) is 53.1 Å². The van der Waals surface area contributed by atoms with Crippen LogP contribution in [-0.2, 0) is 13.2 Å². The number of halogens is 1. The molecule has 0 amide bonds. The maximum atomic E-state index is 5.79. The van der Waals surface area contributed by atoms with Gasteiger partial charge in [0, 0.05) is 18.8 Å². The molecule has 4 heteroatoms. The van der Waals surface area contributed by atoms with Crippen molar-refractivity contribution in [1.82, 2.24) is 10.3 Å². The summed E-state index contributed by atoms with van der Waals surface area (Å²) in [5.74, 6) is 0.841. The molecule has 21 heavy (non-hydrogen) atoms. The molecule has 0 unspecified atom stereocenters. The number of aryl methyl sites for hydroxylation is 1. The lowest BCUT2D eigenvalue weighted by molar-refractivity contribution is 0.299. The van der Waals surface area contributed by atoms with E-state index in [0.29, 0.717) is 12.6 Å². The van der Waals surface area contributed by atoms with Crippen LogP contribution in [0.25, 0.3) is 0 Å². The summed E-state index contributed by atoms with van der Waals surface area (Å²) in [5.41, 5.74) is 3.31. The Morgan fingerprint density at radius 3 is 2.67 bits per heavy atom. The molecule has 0 aliphatic carbocycles. The van der Waals surface area contributed by atoms with Crippen LogP contribution >= 0.6 is 15.9 Å². The number of hydrogen-bond acceptors (Lipinski definition) is 3. The van der Waals surface area contributed by atoms with Crippen LogP contribution in [-0.4, -0.2) is 11.0 Å². The number of nitrogens with zero attached hydrogens (tertiary/aromatic N) is 1. The minimum Gasteiger partial charge on any atom is -0.486 e. The van der Waals surface area contributed by atoms with Crippen molar-refractivity contribution in [3.63, 3.8) is 0 Å². The molecule has 112 valence electrons. The first-order valence-electron chi connectivity index (χ1n) is 7.11. The molecular weight excluding hydrogens is 328 g/mol. The van der Waals surface area contributed by atoms with Crippen LogP contribution in [0.2, 0.25) is 0 Å². The highest BCUT2D eigenvalue weighted by Gasteiger charge is 2.03. The second-order valence-electron chi connectivity index (χ2n) is 5.42. The maximum absolute atomic E-state index is 5.79. The molecule has 1 N–H and O–H groups in total. The van der Waals surface area contributed by atoms with Crippen LogP contribution in [0.5, 0.6) is 5.75 Å². The summed E-state index contributed by atoms with van der Waals surface area (Å²) in [4.78, 5) is 4.44. The first-order valence-corrected chi connectivity index (χ1v) is 7.90. The minimum absolute atomic E-state index is 0.472. The van der Waals surface area contributed by atoms with E-state index in [1.807, 2.05) is 30.5 Å². The fraction of sp³-hybridized carbons (Fsp3) is 0.353. The van der Waals surface area contributed by atoms with Gasteiger partial charge in [-0.15, -0.1) is 0 Å². The Balaban J connectivity index is 1.91. The third-order valence-corrected chi connectivity index (χ3v) is 3.68. The lowest BCUT2D eigenvalue weighted by Gasteiger charge is -2.10. The van der Waals surface area contributed by atoms with Crippen LogP contribution in [0, 0.1) is 6.92 Å². The summed E-state index contributed by atoms with van der Waals surface area (Å²) in [6.07, 6.45) is 1.90. The van der Waals surface area contributed by atoms with Gasteiger partial charge >= 0.3 is 0 Å². The van der Waals surface area contributed by atoms with Crippen molar-refractivity contribution in [3.05, 3.63) is 57.8 Å². The second-order valence-corrected chi connectivity index (χ2v) is 6.27. The van der Waals surface area contributed by atoms with Gasteiger partial charge in [0.25, 0.3) is 0 Å². The van der Waals surface area contributed by atoms with Crippen LogP contribution in [0.15, 0.2) is 41.0 Å². The zero-order valence-electron chi connectivity index (χ0n) is 12.7. The van der Waals surface area contributed by atoms with E-state index in [0.717, 1.165) is 22.5 Å². The first-order chi connectivity index (χ1) is 10.0. The highest BCUT2D eigenvalue weighted by molar-refractivity contribution is 9.10. The minimum atomic E-state index is 0.472. The van der Waals surface area contributed by atoms with Crippen LogP contribution in [0.4, 0.5) is 0 Å². The number of aromatic nitrogens is 1. The predicted octanol–water partition coefficient (Wildman–Crippen LogP) is 4.23. The molecule has 2 aromatic rings. The van der Waals surface area contributed by atoms with Gasteiger partial charge < -0.3 is 10.1 Å². The van der Waals surface area contributed by atoms with E-state index < -0.39 is 0 Å². The summed E-state index contributed by atoms with van der Waals surface area (Å²) < 4.78 is 6.76. The van der Waals surface area contributed by atoms with E-state index in [1.54, 1.807) is 0 Å². The average Bonchev–Trinajstić information content (AvgIpc) is 2.45. The molecule has 1 aromatic carbocycles. The molecule has 0 bridgehead atoms. The Bertz CT molecular complexity index is 582. The van der Waals surface area contributed by atoms with Crippen molar-refractivity contribution in [2.24, 2.45) is 0 Å². The summed E-state index contributed by atoms with van der Waals surface area (Å²) in [5, 5.41) is 3.37. The summed E-state index contributed by atoms with van der Waals surface area (Å²) in [6, 6.07) is 10.6. The highest BCUT2D eigenvalue weighted by atomic mass is 79.9. The average molecular weight is 349 g/mol. The van der Waals surface area contributed by atoms with E-state index in [4.69, 9.17) is 4.74 Å². The molecule has 1 heterocycles. The van der Waals surface area contributed by atoms with E-state index in [9.17, 15) is 0 Å². The smallest absolute Gasteiger partial charge is 0.134 e. The van der Waals surface area contributed by atoms with Crippen molar-refractivity contribution in [3.8, 4) is 5.75 Å². The summed E-state index contributed by atoms with van der Waals surface area (Å²) >= 11 is 3.51. The molecule has 0 atom stereocenters. The van der Waals surface area contributed by atoms with Crippen molar-refractivity contribution < 1.29 is 4.74 Å². The number of pyridine rings is 1. The van der Waals surface area contributed by atoms with Crippen LogP contribution < -0.4 is 10.1 Å². The van der Waals surface area contributed by atoms with Gasteiger partial charge in [-0.3, -0.25) is 4.98 Å². The highest BCUT2D eigenvalue weighted by Crippen LogP contribution is 2.26. The lowest BCUT2D eigenvalue weighted by Crippen LogP contribution is -2.21. The number of ether oxygens (including phenoxy) is 1. The van der Waals surface area contributed by atoms with Crippen molar-refractivity contribution in [1.29, 1.82) is 0 Å². The third kappa shape index (κ3) is 5.14. The Morgan fingerprint density at radius 1 is 1.24 bits per heavy atom. The Kier molecular flexibility index (Phi) is 5.76. The molecular formula is C17H21BrN2O. The lowest BCUT2D eigenvalue weighted by atomic mass is 10.2. The number of benzene rings is 1. The van der Waals surface area contributed by atoms with Gasteiger partial charge in [-0.25, -0.2) is 0 Å². The van der Waals surface area contributed by atoms with Crippen molar-refractivity contribution in [2.75, 3.05) is 0 Å². The Morgan fingerprint density at radius 2 is 2.05 bits per heavy atom. The number of rotatable bonds is 6. The standard InChI is InChI=1S/C17H21BrN2O/c1-12(2)19-9-14-5-6-15(20-10-14)11-21-17-7-4-13(3)8-16(17)18/h4-8,10,12,19H,9,11H2,1-3H3. The zero-order chi connectivity index (χ0) is 15.2. The largest absolute Gasteiger partial charge is 0.486 e. The molecule has 3 nitrogen and oxygen atoms in total. The van der Waals surface area contributed by atoms with Gasteiger partial charge in [0.1, 0.15) is 12.4 Å². The van der Waals surface area contributed by atoms with Gasteiger partial charge in [-0.05, 0) is 52.2 Å². The van der Waals surface area contributed by atoms with Crippen LogP contribution in [0.1, 0.15) is 30.7 Å². The topological polar surface area (TPSA) is 34.1 Å². The molecule has 0 saturated carbocycles. The van der Waals surface area contributed by atoms with Crippen LogP contribution in [0.3, 0.4) is 0 Å². The summed E-state index contributed by atoms with van der Waals surface area (Å²) in [6.45, 7) is 7.64. The summed E-state index contributed by atoms with van der Waals surface area (Å²) in [7, 11) is 0. The second kappa shape index (κ2) is 7.57. The van der Waals surface area contributed by atoms with Crippen molar-refractivity contribution >= 4 is 15.9 Å². The van der Waals surface area contributed by atoms with Gasteiger partial charge in [-0.2, -0.15) is 0 Å². The molecule has 0 saturated heterocycles. The SMILES string of the molecule is Cc1ccc(OCc2ccc(CNC(C)C)cn2)c(Br)c1. The molecule has 0 aliphatic heterocycles. The Hall–Kier alpha value is -1.39. The zero-order valence-corrected chi connectivity index (χ0v) is 14.3. The third-order valence-electron chi connectivity index (χ3n) is 3.06. The molecule has 0 radical (unpaired) electrons. The van der Waals surface area contributed by atoms with E-state index in [1.165, 1.54) is 11.1 Å². The van der Waals surface area contributed by atoms with Gasteiger partial charge in [0.2, 0.25) is 0 Å². The van der Waals surface area contributed by atoms with Gasteiger partial charge in [-0.1, -0.05) is 26.0 Å². The first kappa shape index (κ1) is 16.0. The molecule has 2 rings (SSSR count). The molecule has 0 fully saturated rings. The maximum Gasteiger partial charge on any atom is 0.134 e. The van der Waals surface area contributed by atoms with Crippen molar-refractivity contribution in [2.45, 2.75) is 40.0 Å². The number of nitrogens with one attached hydrogen (secondary N) is 1. The fourth-order valence-corrected chi connectivity index (χ4v) is 2.45. The predicted molar refractivity (Wildman–Crippen MR) is 89.4 cm³/mol. The normalized spacial score (nSPS) is 10.9. The molecule has 0 aliphatic rings. The van der Waals surface area contributed by atoms with E-state index >= 15 is 0 Å². The van der Waals surface area contributed by atoms with E-state index in [-0.39, 0.29) is 0 Å². The Labute approximate surface area is 134 Å².